The van der Waals surface area contributed by atoms with E-state index in [1.165, 1.54) is 0 Å². The van der Waals surface area contributed by atoms with Gasteiger partial charge in [-0.15, -0.1) is 0 Å². The smallest absolute Gasteiger partial charge is 0.244 e. The number of aromatic amines is 1. The fourth-order valence-corrected chi connectivity index (χ4v) is 4.08. The molecule has 0 aliphatic rings. The first kappa shape index (κ1) is 15.7. The molecule has 21 heavy (non-hydrogen) atoms. The maximum Gasteiger partial charge on any atom is 0.244 e. The SMILES string of the molecule is CCCC(NS(=O)(=O)c1c(C)n[nH]c1C)c1ccccc1. The normalized spacial score (nSPS) is 13.3. The van der Waals surface area contributed by atoms with E-state index in [9.17, 15) is 8.42 Å². The Hall–Kier alpha value is -1.66. The van der Waals surface area contributed by atoms with Gasteiger partial charge in [-0.1, -0.05) is 43.7 Å². The van der Waals surface area contributed by atoms with Crippen molar-refractivity contribution in [2.45, 2.75) is 44.6 Å². The third kappa shape index (κ3) is 3.51. The maximum absolute atomic E-state index is 12.6. The van der Waals surface area contributed by atoms with Crippen molar-refractivity contribution in [3.63, 3.8) is 0 Å². The van der Waals surface area contributed by atoms with Crippen molar-refractivity contribution >= 4 is 10.0 Å². The largest absolute Gasteiger partial charge is 0.281 e. The highest BCUT2D eigenvalue weighted by Gasteiger charge is 2.25. The number of H-pyrrole nitrogens is 1. The van der Waals surface area contributed by atoms with Gasteiger partial charge in [-0.3, -0.25) is 5.10 Å². The molecule has 2 rings (SSSR count). The minimum Gasteiger partial charge on any atom is -0.281 e. The van der Waals surface area contributed by atoms with Crippen molar-refractivity contribution in [3.05, 3.63) is 47.3 Å². The Bertz CT molecular complexity index is 673. The number of benzene rings is 1. The van der Waals surface area contributed by atoms with Crippen molar-refractivity contribution in [2.24, 2.45) is 0 Å². The maximum atomic E-state index is 12.6. The van der Waals surface area contributed by atoms with E-state index in [1.54, 1.807) is 13.8 Å². The first-order chi connectivity index (χ1) is 9.95. The van der Waals surface area contributed by atoms with Crippen LogP contribution in [-0.2, 0) is 10.0 Å². The molecule has 0 aliphatic heterocycles. The Morgan fingerprint density at radius 3 is 2.43 bits per heavy atom. The molecule has 0 bridgehead atoms. The monoisotopic (exact) mass is 307 g/mol. The van der Waals surface area contributed by atoms with Gasteiger partial charge in [0.2, 0.25) is 10.0 Å². The van der Waals surface area contributed by atoms with Crippen LogP contribution in [0.4, 0.5) is 0 Å². The summed E-state index contributed by atoms with van der Waals surface area (Å²) >= 11 is 0. The lowest BCUT2D eigenvalue weighted by molar-refractivity contribution is 0.535. The minimum atomic E-state index is -3.59. The van der Waals surface area contributed by atoms with E-state index < -0.39 is 10.0 Å². The highest BCUT2D eigenvalue weighted by molar-refractivity contribution is 7.89. The molecule has 0 spiro atoms. The lowest BCUT2D eigenvalue weighted by Gasteiger charge is -2.18. The minimum absolute atomic E-state index is 0.227. The summed E-state index contributed by atoms with van der Waals surface area (Å²) in [5.74, 6) is 0. The fraction of sp³-hybridized carbons (Fsp3) is 0.400. The second kappa shape index (κ2) is 6.41. The molecule has 1 heterocycles. The number of nitrogens with one attached hydrogen (secondary N) is 2. The van der Waals surface area contributed by atoms with Crippen LogP contribution in [0.15, 0.2) is 35.2 Å². The van der Waals surface area contributed by atoms with Gasteiger partial charge in [0.05, 0.1) is 11.4 Å². The quantitative estimate of drug-likeness (QED) is 0.861. The second-order valence-electron chi connectivity index (χ2n) is 5.14. The van der Waals surface area contributed by atoms with Gasteiger partial charge in [-0.05, 0) is 25.8 Å². The Morgan fingerprint density at radius 1 is 1.24 bits per heavy atom. The van der Waals surface area contributed by atoms with Crippen molar-refractivity contribution in [1.29, 1.82) is 0 Å². The molecule has 0 saturated heterocycles. The van der Waals surface area contributed by atoms with Crippen LogP contribution in [0.5, 0.6) is 0 Å². The molecule has 2 aromatic rings. The number of aryl methyl sites for hydroxylation is 2. The molecule has 6 heteroatoms. The summed E-state index contributed by atoms with van der Waals surface area (Å²) in [6.45, 7) is 5.44. The second-order valence-corrected chi connectivity index (χ2v) is 6.79. The summed E-state index contributed by atoms with van der Waals surface area (Å²) in [5.41, 5.74) is 2.02. The van der Waals surface area contributed by atoms with Gasteiger partial charge in [-0.2, -0.15) is 5.10 Å². The van der Waals surface area contributed by atoms with E-state index in [0.29, 0.717) is 11.4 Å². The standard InChI is InChI=1S/C15H21N3O2S/c1-4-8-14(13-9-6-5-7-10-13)18-21(19,20)15-11(2)16-17-12(15)3/h5-7,9-10,14,18H,4,8H2,1-3H3,(H,16,17). The predicted octanol–water partition coefficient (Wildman–Crippen LogP) is 2.85. The van der Waals surface area contributed by atoms with E-state index in [1.807, 2.05) is 37.3 Å². The lowest BCUT2D eigenvalue weighted by Crippen LogP contribution is -2.29. The van der Waals surface area contributed by atoms with Crippen LogP contribution in [0.25, 0.3) is 0 Å². The van der Waals surface area contributed by atoms with E-state index >= 15 is 0 Å². The van der Waals surface area contributed by atoms with Gasteiger partial charge in [-0.25, -0.2) is 13.1 Å². The van der Waals surface area contributed by atoms with E-state index in [4.69, 9.17) is 0 Å². The van der Waals surface area contributed by atoms with Gasteiger partial charge < -0.3 is 0 Å². The molecule has 1 unspecified atom stereocenters. The number of sulfonamides is 1. The summed E-state index contributed by atoms with van der Waals surface area (Å²) in [6.07, 6.45) is 1.64. The molecule has 1 aromatic carbocycles. The molecule has 1 aromatic heterocycles. The van der Waals surface area contributed by atoms with Crippen LogP contribution in [0.2, 0.25) is 0 Å². The predicted molar refractivity (Wildman–Crippen MR) is 82.5 cm³/mol. The van der Waals surface area contributed by atoms with Gasteiger partial charge in [0.1, 0.15) is 4.90 Å². The van der Waals surface area contributed by atoms with Crippen LogP contribution < -0.4 is 4.72 Å². The molecule has 0 saturated carbocycles. The van der Waals surface area contributed by atoms with E-state index in [-0.39, 0.29) is 10.9 Å². The number of nitrogens with zero attached hydrogens (tertiary/aromatic N) is 1. The Labute approximate surface area is 125 Å². The average Bonchev–Trinajstić information content (AvgIpc) is 2.79. The van der Waals surface area contributed by atoms with Crippen LogP contribution in [0.1, 0.15) is 42.8 Å². The third-order valence-corrected chi connectivity index (χ3v) is 5.14. The topological polar surface area (TPSA) is 74.8 Å². The highest BCUT2D eigenvalue weighted by atomic mass is 32.2. The Morgan fingerprint density at radius 2 is 1.90 bits per heavy atom. The van der Waals surface area contributed by atoms with Crippen molar-refractivity contribution in [1.82, 2.24) is 14.9 Å². The molecular weight excluding hydrogens is 286 g/mol. The molecule has 1 atom stereocenters. The van der Waals surface area contributed by atoms with Gasteiger partial charge in [0.25, 0.3) is 0 Å². The van der Waals surface area contributed by atoms with Gasteiger partial charge >= 0.3 is 0 Å². The number of hydrogen-bond donors (Lipinski definition) is 2. The Balaban J connectivity index is 2.33. The molecule has 2 N–H and O–H groups in total. The first-order valence-corrected chi connectivity index (χ1v) is 8.53. The van der Waals surface area contributed by atoms with Crippen molar-refractivity contribution in [3.8, 4) is 0 Å². The highest BCUT2D eigenvalue weighted by Crippen LogP contribution is 2.23. The van der Waals surface area contributed by atoms with Crippen LogP contribution in [0.3, 0.4) is 0 Å². The zero-order valence-corrected chi connectivity index (χ0v) is 13.4. The molecule has 5 nitrogen and oxygen atoms in total. The number of hydrogen-bond acceptors (Lipinski definition) is 3. The summed E-state index contributed by atoms with van der Waals surface area (Å²) in [5, 5.41) is 6.68. The number of aromatic nitrogens is 2. The van der Waals surface area contributed by atoms with Crippen LogP contribution >= 0.6 is 0 Å². The molecular formula is C15H21N3O2S. The summed E-state index contributed by atoms with van der Waals surface area (Å²) in [4.78, 5) is 0.250. The number of rotatable bonds is 6. The van der Waals surface area contributed by atoms with Gasteiger partial charge in [0, 0.05) is 6.04 Å². The van der Waals surface area contributed by atoms with Crippen molar-refractivity contribution < 1.29 is 8.42 Å². The molecule has 0 amide bonds. The first-order valence-electron chi connectivity index (χ1n) is 7.04. The lowest BCUT2D eigenvalue weighted by atomic mass is 10.0. The van der Waals surface area contributed by atoms with E-state index in [0.717, 1.165) is 18.4 Å². The van der Waals surface area contributed by atoms with Gasteiger partial charge in [0.15, 0.2) is 0 Å². The summed E-state index contributed by atoms with van der Waals surface area (Å²) in [6, 6.07) is 9.41. The summed E-state index contributed by atoms with van der Waals surface area (Å²) < 4.78 is 28.1. The molecule has 114 valence electrons. The van der Waals surface area contributed by atoms with E-state index in [2.05, 4.69) is 14.9 Å². The Kier molecular flexibility index (Phi) is 4.80. The van der Waals surface area contributed by atoms with Crippen LogP contribution in [0, 0.1) is 13.8 Å². The zero-order valence-electron chi connectivity index (χ0n) is 12.6. The average molecular weight is 307 g/mol. The van der Waals surface area contributed by atoms with Crippen LogP contribution in [-0.4, -0.2) is 18.6 Å². The van der Waals surface area contributed by atoms with Crippen molar-refractivity contribution in [2.75, 3.05) is 0 Å². The molecule has 0 fully saturated rings. The molecule has 0 radical (unpaired) electrons. The zero-order chi connectivity index (χ0) is 15.5. The fourth-order valence-electron chi connectivity index (χ4n) is 2.45. The summed E-state index contributed by atoms with van der Waals surface area (Å²) in [7, 11) is -3.59. The third-order valence-electron chi connectivity index (χ3n) is 3.41. The molecule has 0 aliphatic carbocycles.